The topological polar surface area (TPSA) is 59.3 Å². The Balaban J connectivity index is 2.23. The molecule has 4 nitrogen and oxygen atoms in total. The van der Waals surface area contributed by atoms with E-state index in [9.17, 15) is 9.59 Å². The van der Waals surface area contributed by atoms with Crippen LogP contribution in [0.2, 0.25) is 5.02 Å². The Morgan fingerprint density at radius 2 is 1.88 bits per heavy atom. The van der Waals surface area contributed by atoms with Crippen LogP contribution in [-0.2, 0) is 11.2 Å². The number of benzene rings is 1. The third-order valence-corrected chi connectivity index (χ3v) is 4.39. The maximum absolute atomic E-state index is 12.6. The summed E-state index contributed by atoms with van der Waals surface area (Å²) in [7, 11) is 0. The van der Waals surface area contributed by atoms with Crippen molar-refractivity contribution in [2.75, 3.05) is 0 Å². The average molecular weight is 350 g/mol. The zero-order valence-corrected chi connectivity index (χ0v) is 14.8. The molecule has 5 heteroatoms. The molecule has 24 heavy (non-hydrogen) atoms. The Morgan fingerprint density at radius 1 is 1.08 bits per heavy atom. The van der Waals surface area contributed by atoms with Gasteiger partial charge in [-0.05, 0) is 37.5 Å². The number of carbonyl (C=O) groups excluding carboxylic acids is 1. The van der Waals surface area contributed by atoms with Gasteiger partial charge in [-0.2, -0.15) is 0 Å². The molecule has 0 amide bonds. The summed E-state index contributed by atoms with van der Waals surface area (Å²) in [6, 6.07) is 7.60. The fourth-order valence-electron chi connectivity index (χ4n) is 2.95. The van der Waals surface area contributed by atoms with E-state index in [1.807, 2.05) is 24.3 Å². The van der Waals surface area contributed by atoms with Gasteiger partial charge in [-0.1, -0.05) is 43.9 Å². The summed E-state index contributed by atoms with van der Waals surface area (Å²) in [4.78, 5) is 23.3. The molecule has 0 aliphatic rings. The molecule has 0 fully saturated rings. The minimum absolute atomic E-state index is 0.0114. The van der Waals surface area contributed by atoms with Gasteiger partial charge in [-0.3, -0.25) is 14.2 Å². The van der Waals surface area contributed by atoms with Crippen molar-refractivity contribution < 1.29 is 14.7 Å². The summed E-state index contributed by atoms with van der Waals surface area (Å²) in [6.45, 7) is 2.17. The molecule has 0 atom stereocenters. The van der Waals surface area contributed by atoms with E-state index in [2.05, 4.69) is 6.92 Å². The maximum Gasteiger partial charge on any atom is 0.303 e. The van der Waals surface area contributed by atoms with E-state index in [0.717, 1.165) is 35.9 Å². The van der Waals surface area contributed by atoms with Crippen molar-refractivity contribution in [2.45, 2.75) is 58.3 Å². The lowest BCUT2D eigenvalue weighted by Crippen LogP contribution is -2.14. The van der Waals surface area contributed by atoms with E-state index in [-0.39, 0.29) is 18.7 Å². The van der Waals surface area contributed by atoms with Gasteiger partial charge in [-0.15, -0.1) is 0 Å². The van der Waals surface area contributed by atoms with Crippen LogP contribution in [0.1, 0.15) is 62.4 Å². The maximum atomic E-state index is 12.6. The van der Waals surface area contributed by atoms with Crippen LogP contribution < -0.4 is 0 Å². The third kappa shape index (κ3) is 4.84. The van der Waals surface area contributed by atoms with Gasteiger partial charge in [0.05, 0.1) is 5.52 Å². The SMILES string of the molecule is CCCCCCc1cc2ccc(Cl)cc2n1C(=O)CCCC(=O)O. The van der Waals surface area contributed by atoms with Crippen LogP contribution in [0.3, 0.4) is 0 Å². The normalized spacial score (nSPS) is 11.1. The van der Waals surface area contributed by atoms with Crippen LogP contribution in [0, 0.1) is 0 Å². The lowest BCUT2D eigenvalue weighted by molar-refractivity contribution is -0.137. The molecule has 0 aliphatic carbocycles. The summed E-state index contributed by atoms with van der Waals surface area (Å²) < 4.78 is 1.73. The number of hydrogen-bond donors (Lipinski definition) is 1. The number of hydrogen-bond acceptors (Lipinski definition) is 2. The fourth-order valence-corrected chi connectivity index (χ4v) is 3.11. The lowest BCUT2D eigenvalue weighted by Gasteiger charge is -2.09. The zero-order valence-electron chi connectivity index (χ0n) is 14.1. The van der Waals surface area contributed by atoms with Crippen LogP contribution in [-0.4, -0.2) is 21.6 Å². The average Bonchev–Trinajstić information content (AvgIpc) is 2.88. The first-order chi connectivity index (χ1) is 11.5. The molecule has 130 valence electrons. The second-order valence-electron chi connectivity index (χ2n) is 6.13. The van der Waals surface area contributed by atoms with Gasteiger partial charge in [0, 0.05) is 28.9 Å². The number of halogens is 1. The van der Waals surface area contributed by atoms with E-state index in [1.165, 1.54) is 12.8 Å². The molecule has 1 aromatic heterocycles. The number of nitrogens with zero attached hydrogens (tertiary/aromatic N) is 1. The number of rotatable bonds is 9. The molecule has 2 aromatic rings. The van der Waals surface area contributed by atoms with Crippen molar-refractivity contribution in [3.8, 4) is 0 Å². The van der Waals surface area contributed by atoms with Crippen molar-refractivity contribution in [1.29, 1.82) is 0 Å². The van der Waals surface area contributed by atoms with Crippen molar-refractivity contribution >= 4 is 34.4 Å². The number of aryl methyl sites for hydroxylation is 1. The van der Waals surface area contributed by atoms with Gasteiger partial charge in [0.15, 0.2) is 0 Å². The molecule has 1 heterocycles. The van der Waals surface area contributed by atoms with Crippen molar-refractivity contribution in [2.24, 2.45) is 0 Å². The van der Waals surface area contributed by atoms with Crippen LogP contribution >= 0.6 is 11.6 Å². The molecule has 0 radical (unpaired) electrons. The zero-order chi connectivity index (χ0) is 17.5. The second kappa shape index (κ2) is 8.88. The first kappa shape index (κ1) is 18.5. The highest BCUT2D eigenvalue weighted by molar-refractivity contribution is 6.31. The summed E-state index contributed by atoms with van der Waals surface area (Å²) in [5.41, 5.74) is 1.80. The van der Waals surface area contributed by atoms with Gasteiger partial charge < -0.3 is 5.11 Å². The predicted molar refractivity (Wildman–Crippen MR) is 96.9 cm³/mol. The monoisotopic (exact) mass is 349 g/mol. The largest absolute Gasteiger partial charge is 0.481 e. The highest BCUT2D eigenvalue weighted by Gasteiger charge is 2.15. The third-order valence-electron chi connectivity index (χ3n) is 4.16. The Labute approximate surface area is 147 Å². The van der Waals surface area contributed by atoms with Crippen molar-refractivity contribution in [3.05, 3.63) is 35.0 Å². The standard InChI is InChI=1S/C19H24ClNO3/c1-2-3-4-5-7-16-12-14-10-11-15(20)13-17(14)21(16)18(22)8-6-9-19(23)24/h10-13H,2-9H2,1H3,(H,23,24). The first-order valence-electron chi connectivity index (χ1n) is 8.57. The Bertz CT molecular complexity index is 721. The van der Waals surface area contributed by atoms with E-state index in [1.54, 1.807) is 4.57 Å². The minimum Gasteiger partial charge on any atom is -0.481 e. The molecule has 2 rings (SSSR count). The van der Waals surface area contributed by atoms with Gasteiger partial charge in [0.25, 0.3) is 0 Å². The molecule has 0 aliphatic heterocycles. The molecule has 0 bridgehead atoms. The molecule has 0 saturated carbocycles. The van der Waals surface area contributed by atoms with Crippen LogP contribution in [0.5, 0.6) is 0 Å². The predicted octanol–water partition coefficient (Wildman–Crippen LogP) is 5.31. The molecule has 0 unspecified atom stereocenters. The molecule has 1 aromatic carbocycles. The Kier molecular flexibility index (Phi) is 6.85. The number of unbranched alkanes of at least 4 members (excludes halogenated alkanes) is 3. The fraction of sp³-hybridized carbons (Fsp3) is 0.474. The van der Waals surface area contributed by atoms with Gasteiger partial charge in [0.2, 0.25) is 5.91 Å². The summed E-state index contributed by atoms with van der Waals surface area (Å²) in [6.07, 6.45) is 5.99. The van der Waals surface area contributed by atoms with Crippen LogP contribution in [0.15, 0.2) is 24.3 Å². The first-order valence-corrected chi connectivity index (χ1v) is 8.95. The number of fused-ring (bicyclic) bond motifs is 1. The van der Waals surface area contributed by atoms with Crippen molar-refractivity contribution in [1.82, 2.24) is 4.57 Å². The highest BCUT2D eigenvalue weighted by Crippen LogP contribution is 2.25. The number of carboxylic acid groups (broad SMARTS) is 1. The molecular weight excluding hydrogens is 326 g/mol. The smallest absolute Gasteiger partial charge is 0.303 e. The minimum atomic E-state index is -0.872. The van der Waals surface area contributed by atoms with E-state index >= 15 is 0 Å². The Morgan fingerprint density at radius 3 is 2.58 bits per heavy atom. The molecule has 0 spiro atoms. The summed E-state index contributed by atoms with van der Waals surface area (Å²) >= 11 is 6.09. The Hall–Kier alpha value is -1.81. The number of carboxylic acids is 1. The molecule has 1 N–H and O–H groups in total. The number of aromatic nitrogens is 1. The summed E-state index contributed by atoms with van der Waals surface area (Å²) in [5.74, 6) is -0.929. The van der Waals surface area contributed by atoms with Crippen molar-refractivity contribution in [3.63, 3.8) is 0 Å². The van der Waals surface area contributed by atoms with Gasteiger partial charge in [0.1, 0.15) is 0 Å². The molecule has 0 saturated heterocycles. The van der Waals surface area contributed by atoms with E-state index in [4.69, 9.17) is 16.7 Å². The number of carbonyl (C=O) groups is 2. The second-order valence-corrected chi connectivity index (χ2v) is 6.56. The number of aliphatic carboxylic acids is 1. The highest BCUT2D eigenvalue weighted by atomic mass is 35.5. The van der Waals surface area contributed by atoms with E-state index in [0.29, 0.717) is 11.4 Å². The van der Waals surface area contributed by atoms with Gasteiger partial charge >= 0.3 is 5.97 Å². The summed E-state index contributed by atoms with van der Waals surface area (Å²) in [5, 5.41) is 10.3. The van der Waals surface area contributed by atoms with E-state index < -0.39 is 5.97 Å². The van der Waals surface area contributed by atoms with Crippen LogP contribution in [0.4, 0.5) is 0 Å². The molecular formula is C19H24ClNO3. The van der Waals surface area contributed by atoms with Crippen LogP contribution in [0.25, 0.3) is 10.9 Å². The quantitative estimate of drug-likeness (QED) is 0.624. The van der Waals surface area contributed by atoms with Gasteiger partial charge in [-0.25, -0.2) is 0 Å². The lowest BCUT2D eigenvalue weighted by atomic mass is 10.1.